The molecule has 0 aromatic carbocycles. The summed E-state index contributed by atoms with van der Waals surface area (Å²) in [5.74, 6) is 5.93. The summed E-state index contributed by atoms with van der Waals surface area (Å²) in [6, 6.07) is 0. The first-order valence-electron chi connectivity index (χ1n) is 4.05. The van der Waals surface area contributed by atoms with Gasteiger partial charge in [0.05, 0.1) is 13.2 Å². The monoisotopic (exact) mass is 173 g/mol. The van der Waals surface area contributed by atoms with E-state index >= 15 is 0 Å². The summed E-state index contributed by atoms with van der Waals surface area (Å²) in [6.45, 7) is 5.31. The first-order chi connectivity index (χ1) is 5.57. The molecule has 4 heteroatoms. The second kappa shape index (κ2) is 5.85. The van der Waals surface area contributed by atoms with Gasteiger partial charge in [0.25, 0.3) is 0 Å². The summed E-state index contributed by atoms with van der Waals surface area (Å²) in [5.41, 5.74) is 6.47. The van der Waals surface area contributed by atoms with E-state index in [1.807, 2.05) is 13.8 Å². The Morgan fingerprint density at radius 1 is 1.58 bits per heavy atom. The van der Waals surface area contributed by atoms with Crippen LogP contribution >= 0.6 is 0 Å². The van der Waals surface area contributed by atoms with E-state index in [4.69, 9.17) is 16.3 Å². The molecule has 0 aliphatic rings. The van der Waals surface area contributed by atoms with Crippen molar-refractivity contribution in [2.24, 2.45) is 17.5 Å². The van der Waals surface area contributed by atoms with Crippen molar-refractivity contribution in [3.63, 3.8) is 0 Å². The Balaban J connectivity index is 3.79. The molecule has 0 rings (SSSR count). The lowest BCUT2D eigenvalue weighted by atomic mass is 10.2. The van der Waals surface area contributed by atoms with Crippen LogP contribution in [0.5, 0.6) is 0 Å². The van der Waals surface area contributed by atoms with Gasteiger partial charge < -0.3 is 15.5 Å². The summed E-state index contributed by atoms with van der Waals surface area (Å²) in [4.78, 5) is 0. The third kappa shape index (κ3) is 4.98. The molecule has 12 heavy (non-hydrogen) atoms. The quantitative estimate of drug-likeness (QED) is 0.462. The van der Waals surface area contributed by atoms with Gasteiger partial charge in [-0.05, 0) is 5.92 Å². The standard InChI is InChI=1S/C8H19N3O/c1-7(2)8(9)6-11(10)4-5-12-3/h6-7H,4-5,9-10H2,1-3H3/b8-6-. The zero-order chi connectivity index (χ0) is 9.56. The van der Waals surface area contributed by atoms with Gasteiger partial charge in [-0.1, -0.05) is 13.8 Å². The van der Waals surface area contributed by atoms with E-state index in [1.54, 1.807) is 18.3 Å². The minimum atomic E-state index is 0.332. The third-order valence-electron chi connectivity index (χ3n) is 1.54. The fraction of sp³-hybridized carbons (Fsp3) is 0.750. The number of allylic oxidation sites excluding steroid dienone is 1. The Hall–Kier alpha value is -0.740. The molecule has 0 radical (unpaired) electrons. The Bertz CT molecular complexity index is 145. The highest BCUT2D eigenvalue weighted by atomic mass is 16.5. The maximum atomic E-state index is 5.69. The van der Waals surface area contributed by atoms with Crippen LogP contribution in [0.3, 0.4) is 0 Å². The largest absolute Gasteiger partial charge is 0.401 e. The molecule has 72 valence electrons. The van der Waals surface area contributed by atoms with E-state index < -0.39 is 0 Å². The molecule has 0 fully saturated rings. The molecule has 0 spiro atoms. The van der Waals surface area contributed by atoms with Gasteiger partial charge in [0, 0.05) is 19.0 Å². The fourth-order valence-corrected chi connectivity index (χ4v) is 0.602. The van der Waals surface area contributed by atoms with Crippen LogP contribution in [0.1, 0.15) is 13.8 Å². The van der Waals surface area contributed by atoms with Crippen LogP contribution in [-0.2, 0) is 4.74 Å². The van der Waals surface area contributed by atoms with E-state index in [0.717, 1.165) is 5.70 Å². The number of hydrogen-bond acceptors (Lipinski definition) is 4. The Labute approximate surface area is 74.1 Å². The second-order valence-corrected chi connectivity index (χ2v) is 3.01. The Kier molecular flexibility index (Phi) is 5.49. The summed E-state index contributed by atoms with van der Waals surface area (Å²) in [6.07, 6.45) is 1.74. The summed E-state index contributed by atoms with van der Waals surface area (Å²) < 4.78 is 4.86. The highest BCUT2D eigenvalue weighted by Crippen LogP contribution is 2.01. The molecule has 4 N–H and O–H groups in total. The summed E-state index contributed by atoms with van der Waals surface area (Å²) in [5, 5.41) is 1.54. The molecule has 0 aromatic rings. The van der Waals surface area contributed by atoms with Crippen LogP contribution in [-0.4, -0.2) is 25.3 Å². The molecule has 4 nitrogen and oxygen atoms in total. The first kappa shape index (κ1) is 11.3. The summed E-state index contributed by atoms with van der Waals surface area (Å²) in [7, 11) is 1.64. The minimum absolute atomic E-state index is 0.332. The Morgan fingerprint density at radius 2 is 2.17 bits per heavy atom. The maximum absolute atomic E-state index is 5.69. The van der Waals surface area contributed by atoms with E-state index in [2.05, 4.69) is 0 Å². The van der Waals surface area contributed by atoms with E-state index in [1.165, 1.54) is 0 Å². The number of hydrazine groups is 1. The van der Waals surface area contributed by atoms with Gasteiger partial charge in [-0.2, -0.15) is 0 Å². The average molecular weight is 173 g/mol. The molecule has 0 atom stereocenters. The number of rotatable bonds is 5. The van der Waals surface area contributed by atoms with E-state index in [0.29, 0.717) is 19.1 Å². The van der Waals surface area contributed by atoms with Gasteiger partial charge in [0.1, 0.15) is 0 Å². The lowest BCUT2D eigenvalue weighted by Gasteiger charge is -2.15. The molecule has 0 saturated heterocycles. The highest BCUT2D eigenvalue weighted by Gasteiger charge is 1.98. The third-order valence-corrected chi connectivity index (χ3v) is 1.54. The molecular weight excluding hydrogens is 154 g/mol. The van der Waals surface area contributed by atoms with Crippen LogP contribution in [0, 0.1) is 5.92 Å². The number of ether oxygens (including phenoxy) is 1. The second-order valence-electron chi connectivity index (χ2n) is 3.01. The van der Waals surface area contributed by atoms with Crippen molar-refractivity contribution in [1.82, 2.24) is 5.01 Å². The predicted octanol–water partition coefficient (Wildman–Crippen LogP) is 0.265. The van der Waals surface area contributed by atoms with Crippen molar-refractivity contribution in [2.75, 3.05) is 20.3 Å². The lowest BCUT2D eigenvalue weighted by Crippen LogP contribution is -2.30. The predicted molar refractivity (Wildman–Crippen MR) is 49.9 cm³/mol. The van der Waals surface area contributed by atoms with Gasteiger partial charge in [-0.15, -0.1) is 0 Å². The number of nitrogens with zero attached hydrogens (tertiary/aromatic N) is 1. The summed E-state index contributed by atoms with van der Waals surface area (Å²) >= 11 is 0. The van der Waals surface area contributed by atoms with Crippen LogP contribution < -0.4 is 11.6 Å². The molecule has 0 aromatic heterocycles. The molecule has 0 unspecified atom stereocenters. The average Bonchev–Trinajstić information content (AvgIpc) is 2.00. The molecular formula is C8H19N3O. The SMILES string of the molecule is COCCN(N)/C=C(\N)C(C)C. The molecule has 0 aliphatic carbocycles. The molecule has 0 heterocycles. The molecule has 0 saturated carbocycles. The van der Waals surface area contributed by atoms with Crippen LogP contribution in [0.2, 0.25) is 0 Å². The highest BCUT2D eigenvalue weighted by molar-refractivity contribution is 4.97. The molecule has 0 bridgehead atoms. The zero-order valence-electron chi connectivity index (χ0n) is 8.08. The van der Waals surface area contributed by atoms with Crippen molar-refractivity contribution in [1.29, 1.82) is 0 Å². The maximum Gasteiger partial charge on any atom is 0.0653 e. The van der Waals surface area contributed by atoms with Crippen molar-refractivity contribution >= 4 is 0 Å². The normalized spacial score (nSPS) is 12.2. The van der Waals surface area contributed by atoms with Crippen LogP contribution in [0.4, 0.5) is 0 Å². The zero-order valence-corrected chi connectivity index (χ0v) is 8.08. The van der Waals surface area contributed by atoms with Gasteiger partial charge in [-0.3, -0.25) is 0 Å². The van der Waals surface area contributed by atoms with Gasteiger partial charge in [-0.25, -0.2) is 5.84 Å². The number of nitrogens with two attached hydrogens (primary N) is 2. The van der Waals surface area contributed by atoms with Crippen LogP contribution in [0.15, 0.2) is 11.9 Å². The van der Waals surface area contributed by atoms with Gasteiger partial charge >= 0.3 is 0 Å². The van der Waals surface area contributed by atoms with Crippen molar-refractivity contribution in [2.45, 2.75) is 13.8 Å². The van der Waals surface area contributed by atoms with Crippen molar-refractivity contribution < 1.29 is 4.74 Å². The smallest absolute Gasteiger partial charge is 0.0653 e. The number of methoxy groups -OCH3 is 1. The van der Waals surface area contributed by atoms with Gasteiger partial charge in [0.2, 0.25) is 0 Å². The molecule has 0 amide bonds. The minimum Gasteiger partial charge on any atom is -0.401 e. The number of hydrogen-bond donors (Lipinski definition) is 2. The molecule has 0 aliphatic heterocycles. The van der Waals surface area contributed by atoms with E-state index in [9.17, 15) is 0 Å². The topological polar surface area (TPSA) is 64.5 Å². The van der Waals surface area contributed by atoms with Crippen molar-refractivity contribution in [3.8, 4) is 0 Å². The van der Waals surface area contributed by atoms with Gasteiger partial charge in [0.15, 0.2) is 0 Å². The fourth-order valence-electron chi connectivity index (χ4n) is 0.602. The first-order valence-corrected chi connectivity index (χ1v) is 4.05. The van der Waals surface area contributed by atoms with Crippen molar-refractivity contribution in [3.05, 3.63) is 11.9 Å². The van der Waals surface area contributed by atoms with E-state index in [-0.39, 0.29) is 0 Å². The lowest BCUT2D eigenvalue weighted by molar-refractivity contribution is 0.169. The Morgan fingerprint density at radius 3 is 2.58 bits per heavy atom. The van der Waals surface area contributed by atoms with Crippen LogP contribution in [0.25, 0.3) is 0 Å².